The van der Waals surface area contributed by atoms with Gasteiger partial charge in [-0.2, -0.15) is 10.5 Å². The molecule has 8 rings (SSSR count). The molecule has 0 atom stereocenters. The second kappa shape index (κ2) is 9.68. The molecule has 0 bridgehead atoms. The molecular weight excluding hydrogens is 549 g/mol. The zero-order valence-corrected chi connectivity index (χ0v) is 23.9. The Morgan fingerprint density at radius 3 is 1.86 bits per heavy atom. The number of thiophene rings is 2. The van der Waals surface area contributed by atoms with E-state index < -0.39 is 0 Å². The monoisotopic (exact) mass is 568 g/mol. The van der Waals surface area contributed by atoms with E-state index in [0.29, 0.717) is 11.1 Å². The number of hydrogen-bond donors (Lipinski definition) is 0. The van der Waals surface area contributed by atoms with Crippen LogP contribution >= 0.6 is 22.7 Å². The van der Waals surface area contributed by atoms with Crippen LogP contribution in [0.1, 0.15) is 11.1 Å². The zero-order valence-electron chi connectivity index (χ0n) is 22.3. The molecule has 0 aliphatic heterocycles. The zero-order chi connectivity index (χ0) is 28.2. The summed E-state index contributed by atoms with van der Waals surface area (Å²) in [5.74, 6) is 0. The first-order chi connectivity index (χ1) is 20.7. The summed E-state index contributed by atoms with van der Waals surface area (Å²) in [6.45, 7) is 0. The van der Waals surface area contributed by atoms with Gasteiger partial charge in [-0.3, -0.25) is 0 Å². The highest BCUT2D eigenvalue weighted by atomic mass is 32.1. The molecule has 6 aromatic carbocycles. The van der Waals surface area contributed by atoms with E-state index in [1.807, 2.05) is 24.3 Å². The third kappa shape index (κ3) is 3.82. The average molecular weight is 569 g/mol. The Kier molecular flexibility index (Phi) is 5.66. The van der Waals surface area contributed by atoms with Crippen LogP contribution in [-0.4, -0.2) is 0 Å². The van der Waals surface area contributed by atoms with Crippen molar-refractivity contribution in [1.29, 1.82) is 10.5 Å². The van der Waals surface area contributed by atoms with E-state index in [1.165, 1.54) is 40.3 Å². The lowest BCUT2D eigenvalue weighted by molar-refractivity contribution is 1.47. The SMILES string of the molecule is N#Cc1ccc(-c2cc(-c3ccc4c(c3)sc3ccccc34)c(C#N)c(-c3cccc4sc5ccccc5c34)c2)cc1. The Morgan fingerprint density at radius 1 is 0.429 bits per heavy atom. The van der Waals surface area contributed by atoms with E-state index in [2.05, 4.69) is 109 Å². The van der Waals surface area contributed by atoms with E-state index in [9.17, 15) is 10.5 Å². The standard InChI is InChI=1S/C38H20N2S2/c39-21-23-12-14-24(15-13-23)26-18-31(25-16-17-28-27-6-1-3-9-34(27)42-37(28)20-25)33(22-40)32(19-26)29-8-5-11-36-38(29)30-7-2-4-10-35(30)41-36/h1-20H. The average Bonchev–Trinajstić information content (AvgIpc) is 3.62. The second-order valence-corrected chi connectivity index (χ2v) is 12.5. The van der Waals surface area contributed by atoms with E-state index in [1.54, 1.807) is 22.7 Å². The molecule has 4 heteroatoms. The molecule has 8 aromatic rings. The molecule has 0 amide bonds. The van der Waals surface area contributed by atoms with Gasteiger partial charge in [0.15, 0.2) is 0 Å². The van der Waals surface area contributed by atoms with Gasteiger partial charge in [-0.15, -0.1) is 22.7 Å². The van der Waals surface area contributed by atoms with Crippen LogP contribution in [0.3, 0.4) is 0 Å². The van der Waals surface area contributed by atoms with Gasteiger partial charge in [0, 0.05) is 51.5 Å². The van der Waals surface area contributed by atoms with Crippen LogP contribution in [0.4, 0.5) is 0 Å². The minimum absolute atomic E-state index is 0.623. The smallest absolute Gasteiger partial charge is 0.100 e. The van der Waals surface area contributed by atoms with Crippen LogP contribution < -0.4 is 0 Å². The first-order valence-electron chi connectivity index (χ1n) is 13.6. The lowest BCUT2D eigenvalue weighted by atomic mass is 9.87. The number of benzene rings is 6. The van der Waals surface area contributed by atoms with Crippen LogP contribution in [0.25, 0.3) is 73.7 Å². The van der Waals surface area contributed by atoms with E-state index in [-0.39, 0.29) is 0 Å². The summed E-state index contributed by atoms with van der Waals surface area (Å²) >= 11 is 3.56. The molecule has 2 heterocycles. The summed E-state index contributed by atoms with van der Waals surface area (Å²) < 4.78 is 4.90. The van der Waals surface area contributed by atoms with Crippen molar-refractivity contribution in [2.75, 3.05) is 0 Å². The lowest BCUT2D eigenvalue weighted by Gasteiger charge is -2.15. The van der Waals surface area contributed by atoms with Crippen molar-refractivity contribution in [3.05, 3.63) is 132 Å². The van der Waals surface area contributed by atoms with Crippen molar-refractivity contribution in [2.24, 2.45) is 0 Å². The Bertz CT molecular complexity index is 2430. The molecule has 0 fully saturated rings. The van der Waals surface area contributed by atoms with Crippen LogP contribution in [0.2, 0.25) is 0 Å². The highest BCUT2D eigenvalue weighted by Gasteiger charge is 2.19. The molecule has 0 saturated heterocycles. The quantitative estimate of drug-likeness (QED) is 0.213. The molecule has 2 aromatic heterocycles. The summed E-state index contributed by atoms with van der Waals surface area (Å²) in [6, 6.07) is 46.7. The maximum Gasteiger partial charge on any atom is 0.100 e. The van der Waals surface area contributed by atoms with E-state index >= 15 is 0 Å². The van der Waals surface area contributed by atoms with Crippen LogP contribution in [0.5, 0.6) is 0 Å². The molecule has 0 unspecified atom stereocenters. The molecule has 42 heavy (non-hydrogen) atoms. The maximum atomic E-state index is 10.7. The maximum absolute atomic E-state index is 10.7. The minimum atomic E-state index is 0.623. The highest BCUT2D eigenvalue weighted by Crippen LogP contribution is 2.45. The molecule has 0 radical (unpaired) electrons. The summed E-state index contributed by atoms with van der Waals surface area (Å²) in [5, 5.41) is 25.0. The Hall–Kier alpha value is -5.26. The molecule has 0 aliphatic rings. The van der Waals surface area contributed by atoms with Gasteiger partial charge in [-0.05, 0) is 70.8 Å². The van der Waals surface area contributed by atoms with Crippen LogP contribution in [0.15, 0.2) is 121 Å². The summed E-state index contributed by atoms with van der Waals surface area (Å²) in [6.07, 6.45) is 0. The number of hydrogen-bond acceptors (Lipinski definition) is 4. The number of fused-ring (bicyclic) bond motifs is 6. The fourth-order valence-electron chi connectivity index (χ4n) is 6.00. The number of nitriles is 2. The first-order valence-corrected chi connectivity index (χ1v) is 15.3. The van der Waals surface area contributed by atoms with E-state index in [0.717, 1.165) is 33.4 Å². The van der Waals surface area contributed by atoms with Crippen molar-refractivity contribution in [1.82, 2.24) is 0 Å². The van der Waals surface area contributed by atoms with Crippen molar-refractivity contribution in [2.45, 2.75) is 0 Å². The topological polar surface area (TPSA) is 47.6 Å². The lowest BCUT2D eigenvalue weighted by Crippen LogP contribution is -1.93. The van der Waals surface area contributed by atoms with Gasteiger partial charge < -0.3 is 0 Å². The molecule has 0 spiro atoms. The van der Waals surface area contributed by atoms with Crippen molar-refractivity contribution in [3.63, 3.8) is 0 Å². The predicted octanol–water partition coefficient (Wildman–Crippen LogP) is 11.2. The highest BCUT2D eigenvalue weighted by molar-refractivity contribution is 7.26. The molecule has 0 saturated carbocycles. The fraction of sp³-hybridized carbons (Fsp3) is 0. The van der Waals surface area contributed by atoms with Crippen molar-refractivity contribution >= 4 is 63.0 Å². The Balaban J connectivity index is 1.44. The molecule has 194 valence electrons. The van der Waals surface area contributed by atoms with Crippen LogP contribution in [0, 0.1) is 22.7 Å². The normalized spacial score (nSPS) is 11.3. The summed E-state index contributed by atoms with van der Waals surface area (Å²) in [5.41, 5.74) is 7.20. The fourth-order valence-corrected chi connectivity index (χ4v) is 8.28. The molecule has 2 nitrogen and oxygen atoms in total. The third-order valence-electron chi connectivity index (χ3n) is 7.98. The second-order valence-electron chi connectivity index (χ2n) is 10.3. The van der Waals surface area contributed by atoms with Gasteiger partial charge in [-0.25, -0.2) is 0 Å². The van der Waals surface area contributed by atoms with Crippen LogP contribution in [-0.2, 0) is 0 Å². The number of rotatable bonds is 3. The van der Waals surface area contributed by atoms with E-state index in [4.69, 9.17) is 0 Å². The van der Waals surface area contributed by atoms with Gasteiger partial charge in [-0.1, -0.05) is 72.8 Å². The molecular formula is C38H20N2S2. The summed E-state index contributed by atoms with van der Waals surface area (Å²) in [4.78, 5) is 0. The summed E-state index contributed by atoms with van der Waals surface area (Å²) in [7, 11) is 0. The van der Waals surface area contributed by atoms with Gasteiger partial charge in [0.1, 0.15) is 6.07 Å². The van der Waals surface area contributed by atoms with Gasteiger partial charge in [0.05, 0.1) is 17.2 Å². The Labute approximate surface area is 250 Å². The first kappa shape index (κ1) is 24.5. The van der Waals surface area contributed by atoms with Gasteiger partial charge >= 0.3 is 0 Å². The molecule has 0 N–H and O–H groups in total. The Morgan fingerprint density at radius 2 is 1.07 bits per heavy atom. The minimum Gasteiger partial charge on any atom is -0.192 e. The predicted molar refractivity (Wildman–Crippen MR) is 178 cm³/mol. The third-order valence-corrected chi connectivity index (χ3v) is 10.2. The van der Waals surface area contributed by atoms with Crippen molar-refractivity contribution in [3.8, 4) is 45.5 Å². The van der Waals surface area contributed by atoms with Crippen molar-refractivity contribution < 1.29 is 0 Å². The molecule has 0 aliphatic carbocycles. The largest absolute Gasteiger partial charge is 0.192 e. The van der Waals surface area contributed by atoms with Gasteiger partial charge in [0.2, 0.25) is 0 Å². The number of nitrogens with zero attached hydrogens (tertiary/aromatic N) is 2. The van der Waals surface area contributed by atoms with Gasteiger partial charge in [0.25, 0.3) is 0 Å².